The zero-order chi connectivity index (χ0) is 18.4. The third-order valence-electron chi connectivity index (χ3n) is 4.00. The lowest BCUT2D eigenvalue weighted by atomic mass is 10.1. The first-order valence-electron chi connectivity index (χ1n) is 8.38. The molecule has 1 amide bonds. The van der Waals surface area contributed by atoms with Crippen LogP contribution in [0.25, 0.3) is 10.9 Å². The van der Waals surface area contributed by atoms with Crippen molar-refractivity contribution >= 4 is 22.8 Å². The van der Waals surface area contributed by atoms with Gasteiger partial charge in [-0.3, -0.25) is 14.6 Å². The largest absolute Gasteiger partial charge is 0.467 e. The van der Waals surface area contributed by atoms with E-state index >= 15 is 0 Å². The van der Waals surface area contributed by atoms with Crippen LogP contribution in [0.5, 0.6) is 0 Å². The number of pyridine rings is 1. The lowest BCUT2D eigenvalue weighted by Crippen LogP contribution is -2.30. The van der Waals surface area contributed by atoms with Crippen LogP contribution >= 0.6 is 0 Å². The second kappa shape index (κ2) is 8.29. The number of furan rings is 1. The Morgan fingerprint density at radius 3 is 2.77 bits per heavy atom. The Balaban J connectivity index is 1.43. The number of aromatic nitrogens is 1. The van der Waals surface area contributed by atoms with E-state index in [9.17, 15) is 9.59 Å². The maximum Gasteiger partial charge on any atom is 0.306 e. The molecular formula is C20H20N2O4. The van der Waals surface area contributed by atoms with Crippen molar-refractivity contribution in [3.05, 3.63) is 66.2 Å². The lowest BCUT2D eigenvalue weighted by Gasteiger charge is -2.15. The first kappa shape index (κ1) is 17.7. The first-order chi connectivity index (χ1) is 12.6. The minimum Gasteiger partial charge on any atom is -0.467 e. The maximum absolute atomic E-state index is 12.0. The van der Waals surface area contributed by atoms with E-state index in [1.807, 2.05) is 36.4 Å². The highest BCUT2D eigenvalue weighted by atomic mass is 16.5. The van der Waals surface area contributed by atoms with Gasteiger partial charge in [-0.05, 0) is 24.3 Å². The molecule has 0 aliphatic carbocycles. The Bertz CT molecular complexity index is 890. The van der Waals surface area contributed by atoms with E-state index in [0.717, 1.165) is 16.6 Å². The van der Waals surface area contributed by atoms with E-state index in [2.05, 4.69) is 4.98 Å². The topological polar surface area (TPSA) is 72.6 Å². The van der Waals surface area contributed by atoms with E-state index < -0.39 is 5.97 Å². The molecule has 6 heteroatoms. The minimum absolute atomic E-state index is 0.181. The summed E-state index contributed by atoms with van der Waals surface area (Å²) in [5.74, 6) is -0.0205. The molecule has 2 heterocycles. The number of fused-ring (bicyclic) bond motifs is 1. The number of hydrogen-bond acceptors (Lipinski definition) is 5. The van der Waals surface area contributed by atoms with E-state index in [1.54, 1.807) is 25.4 Å². The van der Waals surface area contributed by atoms with Gasteiger partial charge in [-0.1, -0.05) is 24.3 Å². The Hall–Kier alpha value is -3.15. The molecule has 0 saturated carbocycles. The number of benzene rings is 1. The average Bonchev–Trinajstić information content (AvgIpc) is 3.17. The molecular weight excluding hydrogens is 332 g/mol. The molecule has 0 aliphatic rings. The molecule has 134 valence electrons. The van der Waals surface area contributed by atoms with Gasteiger partial charge < -0.3 is 14.1 Å². The van der Waals surface area contributed by atoms with Gasteiger partial charge in [0.05, 0.1) is 24.7 Å². The summed E-state index contributed by atoms with van der Waals surface area (Å²) >= 11 is 0. The Morgan fingerprint density at radius 1 is 1.12 bits per heavy atom. The smallest absolute Gasteiger partial charge is 0.306 e. The number of rotatable bonds is 7. The first-order valence-corrected chi connectivity index (χ1v) is 8.38. The Morgan fingerprint density at radius 2 is 1.96 bits per heavy atom. The van der Waals surface area contributed by atoms with E-state index in [-0.39, 0.29) is 18.9 Å². The number of ether oxygens (including phenoxy) is 1. The monoisotopic (exact) mass is 352 g/mol. The van der Waals surface area contributed by atoms with Crippen molar-refractivity contribution in [2.75, 3.05) is 13.7 Å². The molecule has 1 aromatic carbocycles. The van der Waals surface area contributed by atoms with E-state index in [4.69, 9.17) is 9.15 Å². The molecule has 0 atom stereocenters. The average molecular weight is 352 g/mol. The number of likely N-dealkylation sites (N-methyl/N-ethyl adjacent to an activating group) is 1. The van der Waals surface area contributed by atoms with Gasteiger partial charge in [0.1, 0.15) is 5.76 Å². The highest BCUT2D eigenvalue weighted by molar-refractivity contribution is 5.80. The fourth-order valence-corrected chi connectivity index (χ4v) is 2.53. The number of amides is 1. The summed E-state index contributed by atoms with van der Waals surface area (Å²) in [5.41, 5.74) is 1.72. The molecule has 0 aliphatic heterocycles. The van der Waals surface area contributed by atoms with Crippen molar-refractivity contribution in [3.8, 4) is 0 Å². The quantitative estimate of drug-likeness (QED) is 0.611. The van der Waals surface area contributed by atoms with Crippen molar-refractivity contribution < 1.29 is 18.7 Å². The van der Waals surface area contributed by atoms with Crippen LogP contribution in [-0.4, -0.2) is 35.4 Å². The molecule has 26 heavy (non-hydrogen) atoms. The summed E-state index contributed by atoms with van der Waals surface area (Å²) in [4.78, 5) is 29.8. The van der Waals surface area contributed by atoms with Crippen molar-refractivity contribution in [1.29, 1.82) is 0 Å². The van der Waals surface area contributed by atoms with E-state index in [1.165, 1.54) is 4.90 Å². The number of esters is 1. The van der Waals surface area contributed by atoms with Gasteiger partial charge in [0, 0.05) is 24.5 Å². The number of carbonyl (C=O) groups excluding carboxylic acids is 2. The van der Waals surface area contributed by atoms with Gasteiger partial charge in [0.25, 0.3) is 5.91 Å². The highest BCUT2D eigenvalue weighted by Crippen LogP contribution is 2.13. The molecule has 0 saturated heterocycles. The summed E-state index contributed by atoms with van der Waals surface area (Å²) in [5, 5.41) is 1.06. The number of carbonyl (C=O) groups is 2. The molecule has 0 unspecified atom stereocenters. The lowest BCUT2D eigenvalue weighted by molar-refractivity contribution is -0.151. The van der Waals surface area contributed by atoms with Crippen LogP contribution in [-0.2, 0) is 27.3 Å². The highest BCUT2D eigenvalue weighted by Gasteiger charge is 2.13. The van der Waals surface area contributed by atoms with Crippen LogP contribution in [0.2, 0.25) is 0 Å². The molecule has 0 bridgehead atoms. The van der Waals surface area contributed by atoms with Gasteiger partial charge in [0.15, 0.2) is 6.61 Å². The third kappa shape index (κ3) is 4.69. The molecule has 0 N–H and O–H groups in total. The molecule has 2 aromatic heterocycles. The van der Waals surface area contributed by atoms with Crippen molar-refractivity contribution in [2.45, 2.75) is 19.4 Å². The number of para-hydroxylation sites is 1. The zero-order valence-corrected chi connectivity index (χ0v) is 14.6. The maximum atomic E-state index is 12.0. The SMILES string of the molecule is CN(Cc1ccco1)C(=O)COC(=O)CCc1ccc2ccccc2n1. The van der Waals surface area contributed by atoms with Crippen LogP contribution in [0.4, 0.5) is 0 Å². The Labute approximate surface area is 151 Å². The number of nitrogens with zero attached hydrogens (tertiary/aromatic N) is 2. The third-order valence-corrected chi connectivity index (χ3v) is 4.00. The zero-order valence-electron chi connectivity index (χ0n) is 14.6. The van der Waals surface area contributed by atoms with Gasteiger partial charge in [-0.2, -0.15) is 0 Å². The van der Waals surface area contributed by atoms with Crippen LogP contribution in [0.3, 0.4) is 0 Å². The van der Waals surface area contributed by atoms with Gasteiger partial charge >= 0.3 is 5.97 Å². The predicted octanol–water partition coefficient (Wildman–Crippen LogP) is 2.96. The summed E-state index contributed by atoms with van der Waals surface area (Å²) in [6, 6.07) is 15.2. The van der Waals surface area contributed by atoms with Crippen LogP contribution in [0.15, 0.2) is 59.2 Å². The van der Waals surface area contributed by atoms with Crippen LogP contribution < -0.4 is 0 Å². The van der Waals surface area contributed by atoms with Gasteiger partial charge in [-0.15, -0.1) is 0 Å². The van der Waals surface area contributed by atoms with Gasteiger partial charge in [-0.25, -0.2) is 0 Å². The summed E-state index contributed by atoms with van der Waals surface area (Å²) < 4.78 is 10.3. The summed E-state index contributed by atoms with van der Waals surface area (Å²) in [7, 11) is 1.64. The standard InChI is InChI=1S/C20H20N2O4/c1-22(13-17-6-4-12-25-17)19(23)14-26-20(24)11-10-16-9-8-15-5-2-3-7-18(15)21-16/h2-9,12H,10-11,13-14H2,1H3. The molecule has 3 aromatic rings. The predicted molar refractivity (Wildman–Crippen MR) is 96.2 cm³/mol. The van der Waals surface area contributed by atoms with Gasteiger partial charge in [0.2, 0.25) is 0 Å². The van der Waals surface area contributed by atoms with Crippen LogP contribution in [0.1, 0.15) is 17.9 Å². The number of hydrogen-bond donors (Lipinski definition) is 0. The van der Waals surface area contributed by atoms with E-state index in [0.29, 0.717) is 18.7 Å². The fraction of sp³-hybridized carbons (Fsp3) is 0.250. The second-order valence-electron chi connectivity index (χ2n) is 5.99. The summed E-state index contributed by atoms with van der Waals surface area (Å²) in [6.07, 6.45) is 2.20. The fourth-order valence-electron chi connectivity index (χ4n) is 2.53. The summed E-state index contributed by atoms with van der Waals surface area (Å²) in [6.45, 7) is 0.0611. The normalized spacial score (nSPS) is 10.7. The molecule has 0 fully saturated rings. The molecule has 0 radical (unpaired) electrons. The van der Waals surface area contributed by atoms with Crippen molar-refractivity contribution in [3.63, 3.8) is 0 Å². The molecule has 6 nitrogen and oxygen atoms in total. The molecule has 3 rings (SSSR count). The van der Waals surface area contributed by atoms with Crippen LogP contribution in [0, 0.1) is 0 Å². The van der Waals surface area contributed by atoms with Crippen molar-refractivity contribution in [1.82, 2.24) is 9.88 Å². The second-order valence-corrected chi connectivity index (χ2v) is 5.99. The number of aryl methyl sites for hydroxylation is 1. The minimum atomic E-state index is -0.417. The van der Waals surface area contributed by atoms with Crippen molar-refractivity contribution in [2.24, 2.45) is 0 Å². The Kier molecular flexibility index (Phi) is 5.63. The molecule has 0 spiro atoms.